The van der Waals surface area contributed by atoms with E-state index in [2.05, 4.69) is 16.2 Å². The second kappa shape index (κ2) is 7.96. The normalized spacial score (nSPS) is 10.2. The molecule has 2 aromatic rings. The fourth-order valence-electron chi connectivity index (χ4n) is 2.14. The molecule has 0 saturated heterocycles. The number of anilines is 1. The number of para-hydroxylation sites is 1. The molecule has 0 atom stereocenters. The van der Waals surface area contributed by atoms with Crippen molar-refractivity contribution in [2.75, 3.05) is 18.4 Å². The number of benzene rings is 1. The molecule has 0 fully saturated rings. The molecule has 1 aromatic heterocycles. The summed E-state index contributed by atoms with van der Waals surface area (Å²) in [5.41, 5.74) is 2.64. The maximum Gasteiger partial charge on any atom is 0.238 e. The Morgan fingerprint density at radius 3 is 2.68 bits per heavy atom. The summed E-state index contributed by atoms with van der Waals surface area (Å²) in [4.78, 5) is 18.4. The van der Waals surface area contributed by atoms with Gasteiger partial charge in [0.1, 0.15) is 0 Å². The van der Waals surface area contributed by atoms with Crippen LogP contribution in [0.4, 0.5) is 5.69 Å². The van der Waals surface area contributed by atoms with E-state index in [0.717, 1.165) is 17.1 Å². The van der Waals surface area contributed by atoms with Gasteiger partial charge in [0.2, 0.25) is 5.91 Å². The van der Waals surface area contributed by atoms with Crippen molar-refractivity contribution in [1.29, 1.82) is 0 Å². The van der Waals surface area contributed by atoms with Gasteiger partial charge in [0.15, 0.2) is 0 Å². The molecule has 0 radical (unpaired) electrons. The first-order valence-corrected chi connectivity index (χ1v) is 7.10. The molecule has 1 heterocycles. The molecular weight excluding hydrogens is 274 g/mol. The van der Waals surface area contributed by atoms with E-state index in [1.54, 1.807) is 0 Å². The molecule has 0 saturated carbocycles. The van der Waals surface area contributed by atoms with Gasteiger partial charge in [0, 0.05) is 17.9 Å². The molecule has 0 bridgehead atoms. The lowest BCUT2D eigenvalue weighted by atomic mass is 10.3. The van der Waals surface area contributed by atoms with Gasteiger partial charge in [-0.3, -0.25) is 14.7 Å². The van der Waals surface area contributed by atoms with Crippen molar-refractivity contribution in [2.24, 2.45) is 0 Å². The standard InChI is InChI=1S/C18H19N3O/c1-3-12-21(13-17-11-7-8-15(2)19-17)14-18(22)20-16-9-5-4-6-10-16/h1,4-11H,12-14H2,2H3,(H,20,22). The van der Waals surface area contributed by atoms with Crippen molar-refractivity contribution in [1.82, 2.24) is 9.88 Å². The first-order chi connectivity index (χ1) is 10.7. The number of rotatable bonds is 6. The monoisotopic (exact) mass is 293 g/mol. The van der Waals surface area contributed by atoms with Gasteiger partial charge in [-0.2, -0.15) is 0 Å². The van der Waals surface area contributed by atoms with Crippen LogP contribution in [0.25, 0.3) is 0 Å². The topological polar surface area (TPSA) is 45.2 Å². The van der Waals surface area contributed by atoms with E-state index >= 15 is 0 Å². The van der Waals surface area contributed by atoms with Crippen molar-refractivity contribution in [2.45, 2.75) is 13.5 Å². The lowest BCUT2D eigenvalue weighted by Gasteiger charge is -2.19. The maximum atomic E-state index is 12.1. The zero-order valence-electron chi connectivity index (χ0n) is 12.6. The summed E-state index contributed by atoms with van der Waals surface area (Å²) in [6, 6.07) is 15.2. The molecule has 22 heavy (non-hydrogen) atoms. The summed E-state index contributed by atoms with van der Waals surface area (Å²) in [6.45, 7) is 3.12. The first kappa shape index (κ1) is 15.7. The molecule has 112 valence electrons. The van der Waals surface area contributed by atoms with Gasteiger partial charge in [-0.1, -0.05) is 30.2 Å². The van der Waals surface area contributed by atoms with Crippen LogP contribution >= 0.6 is 0 Å². The number of nitrogens with one attached hydrogen (secondary N) is 1. The van der Waals surface area contributed by atoms with Crippen molar-refractivity contribution in [3.05, 3.63) is 59.9 Å². The SMILES string of the molecule is C#CCN(CC(=O)Nc1ccccc1)Cc1cccc(C)n1. The minimum atomic E-state index is -0.0888. The predicted octanol–water partition coefficient (Wildman–Crippen LogP) is 2.46. The number of nitrogens with zero attached hydrogens (tertiary/aromatic N) is 2. The van der Waals surface area contributed by atoms with Crippen LogP contribution in [0.2, 0.25) is 0 Å². The Kier molecular flexibility index (Phi) is 5.70. The summed E-state index contributed by atoms with van der Waals surface area (Å²) >= 11 is 0. The fraction of sp³-hybridized carbons (Fsp3) is 0.222. The Balaban J connectivity index is 1.96. The molecule has 0 aliphatic rings. The Bertz CT molecular complexity index is 662. The second-order valence-electron chi connectivity index (χ2n) is 5.03. The number of hydrogen-bond acceptors (Lipinski definition) is 3. The molecule has 0 aliphatic heterocycles. The number of hydrogen-bond donors (Lipinski definition) is 1. The van der Waals surface area contributed by atoms with Gasteiger partial charge in [-0.25, -0.2) is 0 Å². The number of carbonyl (C=O) groups is 1. The molecule has 2 rings (SSSR count). The van der Waals surface area contributed by atoms with Crippen molar-refractivity contribution < 1.29 is 4.79 Å². The Hall–Kier alpha value is -2.64. The van der Waals surface area contributed by atoms with Crippen LogP contribution < -0.4 is 5.32 Å². The third-order valence-electron chi connectivity index (χ3n) is 3.07. The first-order valence-electron chi connectivity index (χ1n) is 7.10. The average Bonchev–Trinajstić information content (AvgIpc) is 2.48. The number of aryl methyl sites for hydroxylation is 1. The molecule has 4 heteroatoms. The third kappa shape index (κ3) is 5.04. The van der Waals surface area contributed by atoms with E-state index in [-0.39, 0.29) is 12.5 Å². The minimum absolute atomic E-state index is 0.0888. The lowest BCUT2D eigenvalue weighted by molar-refractivity contribution is -0.117. The number of aromatic nitrogens is 1. The highest BCUT2D eigenvalue weighted by Crippen LogP contribution is 2.06. The molecule has 1 N–H and O–H groups in total. The van der Waals surface area contributed by atoms with Crippen LogP contribution in [0.3, 0.4) is 0 Å². The Morgan fingerprint density at radius 2 is 2.00 bits per heavy atom. The summed E-state index contributed by atoms with van der Waals surface area (Å²) in [6.07, 6.45) is 5.40. The average molecular weight is 293 g/mol. The summed E-state index contributed by atoms with van der Waals surface area (Å²) in [7, 11) is 0. The van der Waals surface area contributed by atoms with E-state index in [4.69, 9.17) is 6.42 Å². The molecule has 0 spiro atoms. The largest absolute Gasteiger partial charge is 0.325 e. The number of pyridine rings is 1. The van der Waals surface area contributed by atoms with Gasteiger partial charge >= 0.3 is 0 Å². The third-order valence-corrected chi connectivity index (χ3v) is 3.07. The lowest BCUT2D eigenvalue weighted by Crippen LogP contribution is -2.33. The second-order valence-corrected chi connectivity index (χ2v) is 5.03. The highest BCUT2D eigenvalue weighted by molar-refractivity contribution is 5.92. The van der Waals surface area contributed by atoms with Crippen LogP contribution in [0.1, 0.15) is 11.4 Å². The smallest absolute Gasteiger partial charge is 0.238 e. The van der Waals surface area contributed by atoms with Crippen LogP contribution in [0, 0.1) is 19.3 Å². The van der Waals surface area contributed by atoms with Crippen molar-refractivity contribution >= 4 is 11.6 Å². The molecule has 4 nitrogen and oxygen atoms in total. The van der Waals surface area contributed by atoms with Crippen LogP contribution in [0.15, 0.2) is 48.5 Å². The summed E-state index contributed by atoms with van der Waals surface area (Å²) < 4.78 is 0. The van der Waals surface area contributed by atoms with E-state index in [1.807, 2.05) is 60.4 Å². The van der Waals surface area contributed by atoms with Crippen LogP contribution in [0.5, 0.6) is 0 Å². The minimum Gasteiger partial charge on any atom is -0.325 e. The van der Waals surface area contributed by atoms with E-state index < -0.39 is 0 Å². The van der Waals surface area contributed by atoms with Crippen molar-refractivity contribution in [3.8, 4) is 12.3 Å². The molecule has 1 aromatic carbocycles. The number of carbonyl (C=O) groups excluding carboxylic acids is 1. The summed E-state index contributed by atoms with van der Waals surface area (Å²) in [5, 5.41) is 2.86. The summed E-state index contributed by atoms with van der Waals surface area (Å²) in [5.74, 6) is 2.50. The van der Waals surface area contributed by atoms with Crippen molar-refractivity contribution in [3.63, 3.8) is 0 Å². The van der Waals surface area contributed by atoms with Gasteiger partial charge in [-0.05, 0) is 31.2 Å². The van der Waals surface area contributed by atoms with Crippen LogP contribution in [-0.2, 0) is 11.3 Å². The zero-order chi connectivity index (χ0) is 15.8. The fourth-order valence-corrected chi connectivity index (χ4v) is 2.14. The maximum absolute atomic E-state index is 12.1. The van der Waals surface area contributed by atoms with E-state index in [1.165, 1.54) is 0 Å². The van der Waals surface area contributed by atoms with E-state index in [9.17, 15) is 4.79 Å². The molecule has 0 aliphatic carbocycles. The highest BCUT2D eigenvalue weighted by Gasteiger charge is 2.11. The van der Waals surface area contributed by atoms with Gasteiger partial charge in [0.25, 0.3) is 0 Å². The quantitative estimate of drug-likeness (QED) is 0.832. The van der Waals surface area contributed by atoms with E-state index in [0.29, 0.717) is 13.1 Å². The Labute approximate surface area is 131 Å². The molecular formula is C18H19N3O. The van der Waals surface area contributed by atoms with Gasteiger partial charge in [0.05, 0.1) is 18.8 Å². The number of terminal acetylenes is 1. The highest BCUT2D eigenvalue weighted by atomic mass is 16.2. The number of amides is 1. The van der Waals surface area contributed by atoms with Gasteiger partial charge in [-0.15, -0.1) is 6.42 Å². The van der Waals surface area contributed by atoms with Crippen LogP contribution in [-0.4, -0.2) is 28.9 Å². The molecule has 1 amide bonds. The predicted molar refractivity (Wildman–Crippen MR) is 88.2 cm³/mol. The molecule has 0 unspecified atom stereocenters. The van der Waals surface area contributed by atoms with Gasteiger partial charge < -0.3 is 5.32 Å². The Morgan fingerprint density at radius 1 is 1.23 bits per heavy atom. The zero-order valence-corrected chi connectivity index (χ0v) is 12.6.